The predicted octanol–water partition coefficient (Wildman–Crippen LogP) is 1.91. The van der Waals surface area contributed by atoms with Gasteiger partial charge >= 0.3 is 11.9 Å². The normalized spacial score (nSPS) is 15.4. The highest BCUT2D eigenvalue weighted by Crippen LogP contribution is 2.43. The third kappa shape index (κ3) is 2.48. The SMILES string of the molecule is CCOC(=O)C1(C(=O)OCC)Cc2ccc(C)c(O)c2C1. The summed E-state index contributed by atoms with van der Waals surface area (Å²) in [6.45, 7) is 5.56. The number of fused-ring (bicyclic) bond motifs is 1. The fraction of sp³-hybridized carbons (Fsp3) is 0.500. The zero-order valence-corrected chi connectivity index (χ0v) is 12.6. The maximum absolute atomic E-state index is 12.3. The highest BCUT2D eigenvalue weighted by Gasteiger charge is 2.53. The molecule has 1 aliphatic carbocycles. The van der Waals surface area contributed by atoms with Crippen LogP contribution >= 0.6 is 0 Å². The van der Waals surface area contributed by atoms with Crippen LogP contribution in [0.15, 0.2) is 12.1 Å². The lowest BCUT2D eigenvalue weighted by Crippen LogP contribution is -2.43. The smallest absolute Gasteiger partial charge is 0.324 e. The number of hydrogen-bond acceptors (Lipinski definition) is 5. The van der Waals surface area contributed by atoms with Crippen molar-refractivity contribution in [3.8, 4) is 5.75 Å². The Hall–Kier alpha value is -2.04. The van der Waals surface area contributed by atoms with Crippen LogP contribution in [0.3, 0.4) is 0 Å². The molecule has 0 unspecified atom stereocenters. The maximum atomic E-state index is 12.3. The Labute approximate surface area is 123 Å². The highest BCUT2D eigenvalue weighted by molar-refractivity contribution is 6.01. The zero-order chi connectivity index (χ0) is 15.6. The molecule has 0 radical (unpaired) electrons. The predicted molar refractivity (Wildman–Crippen MR) is 76.0 cm³/mol. The summed E-state index contributed by atoms with van der Waals surface area (Å²) >= 11 is 0. The summed E-state index contributed by atoms with van der Waals surface area (Å²) in [6.07, 6.45) is 0.321. The number of aromatic hydroxyl groups is 1. The molecule has 1 aliphatic rings. The van der Waals surface area contributed by atoms with Crippen molar-refractivity contribution in [1.29, 1.82) is 0 Å². The van der Waals surface area contributed by atoms with Crippen molar-refractivity contribution in [3.63, 3.8) is 0 Å². The summed E-state index contributed by atoms with van der Waals surface area (Å²) < 4.78 is 10.2. The van der Waals surface area contributed by atoms with E-state index in [-0.39, 0.29) is 31.8 Å². The Morgan fingerprint density at radius 3 is 2.24 bits per heavy atom. The van der Waals surface area contributed by atoms with Crippen LogP contribution < -0.4 is 0 Å². The molecule has 2 rings (SSSR count). The van der Waals surface area contributed by atoms with E-state index in [1.54, 1.807) is 26.8 Å². The van der Waals surface area contributed by atoms with Crippen LogP contribution in [0.1, 0.15) is 30.5 Å². The van der Waals surface area contributed by atoms with Gasteiger partial charge in [0.05, 0.1) is 13.2 Å². The minimum absolute atomic E-state index is 0.119. The Morgan fingerprint density at radius 2 is 1.71 bits per heavy atom. The molecule has 0 saturated carbocycles. The van der Waals surface area contributed by atoms with Gasteiger partial charge in [0.15, 0.2) is 5.41 Å². The van der Waals surface area contributed by atoms with E-state index in [1.165, 1.54) is 0 Å². The van der Waals surface area contributed by atoms with Crippen molar-refractivity contribution in [3.05, 3.63) is 28.8 Å². The number of rotatable bonds is 4. The molecule has 0 spiro atoms. The summed E-state index contributed by atoms with van der Waals surface area (Å²) in [4.78, 5) is 24.7. The van der Waals surface area contributed by atoms with Crippen LogP contribution in [0.25, 0.3) is 0 Å². The third-order valence-electron chi connectivity index (χ3n) is 3.88. The van der Waals surface area contributed by atoms with Crippen molar-refractivity contribution in [2.45, 2.75) is 33.6 Å². The van der Waals surface area contributed by atoms with Gasteiger partial charge in [0.1, 0.15) is 5.75 Å². The van der Waals surface area contributed by atoms with Gasteiger partial charge in [-0.25, -0.2) is 0 Å². The second kappa shape index (κ2) is 5.76. The molecule has 0 aromatic heterocycles. The number of aryl methyl sites for hydroxylation is 1. The average molecular weight is 292 g/mol. The van der Waals surface area contributed by atoms with E-state index in [0.717, 1.165) is 11.1 Å². The van der Waals surface area contributed by atoms with E-state index in [2.05, 4.69) is 0 Å². The Balaban J connectivity index is 2.44. The van der Waals surface area contributed by atoms with E-state index in [1.807, 2.05) is 6.07 Å². The number of benzene rings is 1. The van der Waals surface area contributed by atoms with Crippen molar-refractivity contribution >= 4 is 11.9 Å². The first-order valence-electron chi connectivity index (χ1n) is 7.11. The molecule has 21 heavy (non-hydrogen) atoms. The Morgan fingerprint density at radius 1 is 1.14 bits per heavy atom. The van der Waals surface area contributed by atoms with Gasteiger partial charge in [0, 0.05) is 6.42 Å². The van der Waals surface area contributed by atoms with Gasteiger partial charge in [0.2, 0.25) is 0 Å². The van der Waals surface area contributed by atoms with Crippen molar-refractivity contribution in [1.82, 2.24) is 0 Å². The number of ether oxygens (including phenoxy) is 2. The summed E-state index contributed by atoms with van der Waals surface area (Å²) in [7, 11) is 0. The van der Waals surface area contributed by atoms with Crippen molar-refractivity contribution < 1.29 is 24.2 Å². The quantitative estimate of drug-likeness (QED) is 0.678. The molecule has 0 aliphatic heterocycles. The largest absolute Gasteiger partial charge is 0.507 e. The molecule has 0 bridgehead atoms. The summed E-state index contributed by atoms with van der Waals surface area (Å²) in [5.74, 6) is -1.03. The van der Waals surface area contributed by atoms with E-state index >= 15 is 0 Å². The van der Waals surface area contributed by atoms with Crippen LogP contribution in [-0.4, -0.2) is 30.3 Å². The molecule has 114 valence electrons. The summed E-state index contributed by atoms with van der Waals surface area (Å²) in [5.41, 5.74) is 0.771. The molecule has 0 heterocycles. The molecule has 0 fully saturated rings. The Bertz CT molecular complexity index is 558. The second-order valence-corrected chi connectivity index (χ2v) is 5.25. The molecular weight excluding hydrogens is 272 g/mol. The fourth-order valence-electron chi connectivity index (χ4n) is 2.76. The van der Waals surface area contributed by atoms with Gasteiger partial charge in [0.25, 0.3) is 0 Å². The highest BCUT2D eigenvalue weighted by atomic mass is 16.6. The lowest BCUT2D eigenvalue weighted by molar-refractivity contribution is -0.171. The van der Waals surface area contributed by atoms with E-state index in [9.17, 15) is 14.7 Å². The average Bonchev–Trinajstić information content (AvgIpc) is 2.85. The number of hydrogen-bond donors (Lipinski definition) is 1. The number of phenols is 1. The monoisotopic (exact) mass is 292 g/mol. The molecule has 5 nitrogen and oxygen atoms in total. The lowest BCUT2D eigenvalue weighted by atomic mass is 9.84. The van der Waals surface area contributed by atoms with Gasteiger partial charge < -0.3 is 14.6 Å². The van der Waals surface area contributed by atoms with Gasteiger partial charge in [-0.2, -0.15) is 0 Å². The minimum atomic E-state index is -1.38. The van der Waals surface area contributed by atoms with Gasteiger partial charge in [-0.05, 0) is 43.9 Å². The minimum Gasteiger partial charge on any atom is -0.507 e. The molecule has 1 aromatic rings. The van der Waals surface area contributed by atoms with E-state index in [4.69, 9.17) is 9.47 Å². The van der Waals surface area contributed by atoms with Gasteiger partial charge in [-0.15, -0.1) is 0 Å². The van der Waals surface area contributed by atoms with Crippen molar-refractivity contribution in [2.24, 2.45) is 5.41 Å². The topological polar surface area (TPSA) is 72.8 Å². The summed E-state index contributed by atoms with van der Waals surface area (Å²) in [5, 5.41) is 10.2. The number of phenolic OH excluding ortho intramolecular Hbond substituents is 1. The van der Waals surface area contributed by atoms with Crippen LogP contribution in [0.5, 0.6) is 5.75 Å². The summed E-state index contributed by atoms with van der Waals surface area (Å²) in [6, 6.07) is 3.62. The van der Waals surface area contributed by atoms with Crippen LogP contribution in [0, 0.1) is 12.3 Å². The molecule has 5 heteroatoms. The molecule has 0 saturated heterocycles. The van der Waals surface area contributed by atoms with E-state index < -0.39 is 17.4 Å². The number of carbonyl (C=O) groups excluding carboxylic acids is 2. The first-order valence-corrected chi connectivity index (χ1v) is 7.11. The molecule has 1 aromatic carbocycles. The Kier molecular flexibility index (Phi) is 4.21. The van der Waals surface area contributed by atoms with E-state index in [0.29, 0.717) is 5.56 Å². The molecule has 0 amide bonds. The fourth-order valence-corrected chi connectivity index (χ4v) is 2.76. The first-order chi connectivity index (χ1) is 9.96. The van der Waals surface area contributed by atoms with Gasteiger partial charge in [-0.1, -0.05) is 12.1 Å². The number of esters is 2. The standard InChI is InChI=1S/C16H20O5/c1-4-20-14(18)16(15(19)21-5-2)8-11-7-6-10(3)13(17)12(11)9-16/h6-7,17H,4-5,8-9H2,1-3H3. The maximum Gasteiger partial charge on any atom is 0.324 e. The second-order valence-electron chi connectivity index (χ2n) is 5.25. The van der Waals surface area contributed by atoms with Crippen LogP contribution in [0.2, 0.25) is 0 Å². The zero-order valence-electron chi connectivity index (χ0n) is 12.6. The van der Waals surface area contributed by atoms with Crippen LogP contribution in [-0.2, 0) is 31.9 Å². The first kappa shape index (κ1) is 15.4. The van der Waals surface area contributed by atoms with Crippen LogP contribution in [0.4, 0.5) is 0 Å². The van der Waals surface area contributed by atoms with Gasteiger partial charge in [-0.3, -0.25) is 9.59 Å². The van der Waals surface area contributed by atoms with Crippen molar-refractivity contribution in [2.75, 3.05) is 13.2 Å². The third-order valence-corrected chi connectivity index (χ3v) is 3.88. The molecule has 1 N–H and O–H groups in total. The number of carbonyl (C=O) groups is 2. The molecule has 0 atom stereocenters. The molecular formula is C16H20O5. The lowest BCUT2D eigenvalue weighted by Gasteiger charge is -2.24.